The molecule has 0 aliphatic rings. The number of hydrogen-bond donors (Lipinski definition) is 1. The van der Waals surface area contributed by atoms with Gasteiger partial charge in [0.1, 0.15) is 0 Å². The highest BCUT2D eigenvalue weighted by atomic mass is 35.5. The number of ether oxygens (including phenoxy) is 2. The van der Waals surface area contributed by atoms with E-state index in [9.17, 15) is 5.11 Å². The fraction of sp³-hybridized carbons (Fsp3) is 0.294. The number of aryl methyl sites for hydroxylation is 1. The first-order valence-electron chi connectivity index (χ1n) is 6.70. The quantitative estimate of drug-likeness (QED) is 0.909. The normalized spacial score (nSPS) is 12.0. The zero-order valence-electron chi connectivity index (χ0n) is 12.4. The molecular weight excluding hydrogens is 288 g/mol. The lowest BCUT2D eigenvalue weighted by atomic mass is 9.97. The first-order chi connectivity index (χ1) is 10.0. The average molecular weight is 307 g/mol. The Morgan fingerprint density at radius 2 is 1.62 bits per heavy atom. The van der Waals surface area contributed by atoms with Crippen molar-refractivity contribution in [3.63, 3.8) is 0 Å². The largest absolute Gasteiger partial charge is 0.493 e. The van der Waals surface area contributed by atoms with Crippen LogP contribution >= 0.6 is 11.6 Å². The van der Waals surface area contributed by atoms with Gasteiger partial charge in [0, 0.05) is 11.4 Å². The smallest absolute Gasteiger partial charge is 0.161 e. The molecule has 2 aromatic rings. The van der Waals surface area contributed by atoms with Crippen LogP contribution in [0.3, 0.4) is 0 Å². The van der Waals surface area contributed by atoms with E-state index in [0.717, 1.165) is 16.7 Å². The van der Waals surface area contributed by atoms with E-state index in [2.05, 4.69) is 0 Å². The summed E-state index contributed by atoms with van der Waals surface area (Å²) < 4.78 is 10.6. The van der Waals surface area contributed by atoms with Crippen LogP contribution in [-0.4, -0.2) is 19.3 Å². The highest BCUT2D eigenvalue weighted by Crippen LogP contribution is 2.33. The van der Waals surface area contributed by atoms with Gasteiger partial charge in [-0.2, -0.15) is 0 Å². The Labute approximate surface area is 130 Å². The van der Waals surface area contributed by atoms with E-state index in [1.54, 1.807) is 14.2 Å². The number of halogens is 1. The number of aliphatic hydroxyl groups excluding tert-OH is 1. The molecule has 0 saturated heterocycles. The summed E-state index contributed by atoms with van der Waals surface area (Å²) in [6.45, 7) is 1.95. The lowest BCUT2D eigenvalue weighted by Crippen LogP contribution is -2.05. The summed E-state index contributed by atoms with van der Waals surface area (Å²) in [5.41, 5.74) is 2.83. The Morgan fingerprint density at radius 1 is 1.05 bits per heavy atom. The van der Waals surface area contributed by atoms with Gasteiger partial charge in [-0.25, -0.2) is 0 Å². The van der Waals surface area contributed by atoms with E-state index >= 15 is 0 Å². The molecule has 112 valence electrons. The monoisotopic (exact) mass is 306 g/mol. The van der Waals surface area contributed by atoms with E-state index in [0.29, 0.717) is 22.9 Å². The van der Waals surface area contributed by atoms with Gasteiger partial charge in [0.25, 0.3) is 0 Å². The van der Waals surface area contributed by atoms with E-state index in [4.69, 9.17) is 21.1 Å². The molecule has 2 aromatic carbocycles. The molecule has 0 saturated carbocycles. The Balaban J connectivity index is 2.26. The third kappa shape index (κ3) is 3.69. The maximum atomic E-state index is 10.5. The Kier molecular flexibility index (Phi) is 5.10. The topological polar surface area (TPSA) is 38.7 Å². The molecule has 3 nitrogen and oxygen atoms in total. The number of benzene rings is 2. The highest BCUT2D eigenvalue weighted by Gasteiger charge is 2.15. The molecule has 0 heterocycles. The van der Waals surface area contributed by atoms with Gasteiger partial charge >= 0.3 is 0 Å². The standard InChI is InChI=1S/C17H19ClO3/c1-11-8-16(20-2)17(21-3)10-14(11)15(19)9-12-4-6-13(18)7-5-12/h4-8,10,15,19H,9H2,1-3H3. The van der Waals surface area contributed by atoms with Crippen LogP contribution < -0.4 is 9.47 Å². The fourth-order valence-corrected chi connectivity index (χ4v) is 2.44. The first-order valence-corrected chi connectivity index (χ1v) is 7.08. The Bertz CT molecular complexity index is 608. The second-order valence-electron chi connectivity index (χ2n) is 4.91. The zero-order valence-corrected chi connectivity index (χ0v) is 13.1. The van der Waals surface area contributed by atoms with Crippen molar-refractivity contribution in [2.45, 2.75) is 19.4 Å². The van der Waals surface area contributed by atoms with Crippen LogP contribution in [0.1, 0.15) is 22.8 Å². The maximum absolute atomic E-state index is 10.5. The maximum Gasteiger partial charge on any atom is 0.161 e. The number of methoxy groups -OCH3 is 2. The third-order valence-electron chi connectivity index (χ3n) is 3.47. The summed E-state index contributed by atoms with van der Waals surface area (Å²) >= 11 is 5.87. The van der Waals surface area contributed by atoms with Crippen LogP contribution in [0.15, 0.2) is 36.4 Å². The van der Waals surface area contributed by atoms with Crippen LogP contribution in [0, 0.1) is 6.92 Å². The van der Waals surface area contributed by atoms with Gasteiger partial charge < -0.3 is 14.6 Å². The van der Waals surface area contributed by atoms with E-state index in [-0.39, 0.29) is 0 Å². The molecule has 0 amide bonds. The molecule has 2 rings (SSSR count). The van der Waals surface area contributed by atoms with Gasteiger partial charge in [-0.05, 0) is 47.9 Å². The minimum absolute atomic E-state index is 0.521. The zero-order chi connectivity index (χ0) is 15.4. The van der Waals surface area contributed by atoms with Crippen molar-refractivity contribution in [2.75, 3.05) is 14.2 Å². The second-order valence-corrected chi connectivity index (χ2v) is 5.35. The molecular formula is C17H19ClO3. The molecule has 0 aromatic heterocycles. The molecule has 4 heteroatoms. The molecule has 1 N–H and O–H groups in total. The number of rotatable bonds is 5. The van der Waals surface area contributed by atoms with E-state index in [1.165, 1.54) is 0 Å². The highest BCUT2D eigenvalue weighted by molar-refractivity contribution is 6.30. The molecule has 0 radical (unpaired) electrons. The van der Waals surface area contributed by atoms with Crippen LogP contribution in [0.2, 0.25) is 5.02 Å². The van der Waals surface area contributed by atoms with Gasteiger partial charge in [-0.1, -0.05) is 23.7 Å². The van der Waals surface area contributed by atoms with Crippen LogP contribution in [0.4, 0.5) is 0 Å². The summed E-state index contributed by atoms with van der Waals surface area (Å²) in [6, 6.07) is 11.2. The van der Waals surface area contributed by atoms with Crippen molar-refractivity contribution in [1.82, 2.24) is 0 Å². The predicted octanol–water partition coefficient (Wildman–Crippen LogP) is 3.94. The SMILES string of the molecule is COc1cc(C)c(C(O)Cc2ccc(Cl)cc2)cc1OC. The van der Waals surface area contributed by atoms with Gasteiger partial charge in [0.2, 0.25) is 0 Å². The Hall–Kier alpha value is -1.71. The molecule has 1 unspecified atom stereocenters. The van der Waals surface area contributed by atoms with E-state index < -0.39 is 6.10 Å². The molecule has 1 atom stereocenters. The number of hydrogen-bond acceptors (Lipinski definition) is 3. The lowest BCUT2D eigenvalue weighted by Gasteiger charge is -2.17. The minimum atomic E-state index is -0.606. The van der Waals surface area contributed by atoms with Crippen molar-refractivity contribution in [1.29, 1.82) is 0 Å². The Morgan fingerprint density at radius 3 is 2.19 bits per heavy atom. The summed E-state index contributed by atoms with van der Waals surface area (Å²) in [7, 11) is 3.18. The van der Waals surface area contributed by atoms with Crippen LogP contribution in [-0.2, 0) is 6.42 Å². The molecule has 0 fully saturated rings. The molecule has 0 spiro atoms. The predicted molar refractivity (Wildman–Crippen MR) is 84.4 cm³/mol. The number of aliphatic hydroxyl groups is 1. The average Bonchev–Trinajstić information content (AvgIpc) is 2.49. The van der Waals surface area contributed by atoms with Crippen molar-refractivity contribution < 1.29 is 14.6 Å². The lowest BCUT2D eigenvalue weighted by molar-refractivity contribution is 0.177. The van der Waals surface area contributed by atoms with Crippen LogP contribution in [0.25, 0.3) is 0 Å². The molecule has 0 aliphatic heterocycles. The third-order valence-corrected chi connectivity index (χ3v) is 3.73. The minimum Gasteiger partial charge on any atom is -0.493 e. The van der Waals surface area contributed by atoms with Gasteiger partial charge in [-0.3, -0.25) is 0 Å². The second kappa shape index (κ2) is 6.83. The van der Waals surface area contributed by atoms with Gasteiger partial charge in [-0.15, -0.1) is 0 Å². The molecule has 21 heavy (non-hydrogen) atoms. The van der Waals surface area contributed by atoms with Crippen molar-refractivity contribution in [2.24, 2.45) is 0 Å². The summed E-state index contributed by atoms with van der Waals surface area (Å²) in [4.78, 5) is 0. The summed E-state index contributed by atoms with van der Waals surface area (Å²) in [5, 5.41) is 11.2. The summed E-state index contributed by atoms with van der Waals surface area (Å²) in [6.07, 6.45) is -0.0843. The van der Waals surface area contributed by atoms with Gasteiger partial charge in [0.15, 0.2) is 11.5 Å². The summed E-state index contributed by atoms with van der Waals surface area (Å²) in [5.74, 6) is 1.28. The van der Waals surface area contributed by atoms with Gasteiger partial charge in [0.05, 0.1) is 20.3 Å². The van der Waals surface area contributed by atoms with Crippen LogP contribution in [0.5, 0.6) is 11.5 Å². The molecule has 0 aliphatic carbocycles. The molecule has 0 bridgehead atoms. The fourth-order valence-electron chi connectivity index (χ4n) is 2.31. The first kappa shape index (κ1) is 15.7. The van der Waals surface area contributed by atoms with Crippen molar-refractivity contribution >= 4 is 11.6 Å². The van der Waals surface area contributed by atoms with Crippen molar-refractivity contribution in [3.05, 3.63) is 58.1 Å². The van der Waals surface area contributed by atoms with Crippen molar-refractivity contribution in [3.8, 4) is 11.5 Å². The van der Waals surface area contributed by atoms with E-state index in [1.807, 2.05) is 43.3 Å².